The van der Waals surface area contributed by atoms with Crippen LogP contribution in [0.15, 0.2) is 34.9 Å². The molecule has 2 rings (SSSR count). The summed E-state index contributed by atoms with van der Waals surface area (Å²) in [5, 5.41) is 7.25. The number of hydrogen-bond donors (Lipinski definition) is 1. The highest BCUT2D eigenvalue weighted by atomic mass is 79.9. The molecule has 1 N–H and O–H groups in total. The molecule has 0 unspecified atom stereocenters. The number of hydrogen-bond acceptors (Lipinski definition) is 3. The predicted octanol–water partition coefficient (Wildman–Crippen LogP) is 3.83. The van der Waals surface area contributed by atoms with Gasteiger partial charge >= 0.3 is 0 Å². The van der Waals surface area contributed by atoms with Gasteiger partial charge in [-0.15, -0.1) is 0 Å². The van der Waals surface area contributed by atoms with E-state index in [1.807, 2.05) is 37.4 Å². The van der Waals surface area contributed by atoms with Crippen molar-refractivity contribution < 1.29 is 4.79 Å². The van der Waals surface area contributed by atoms with Gasteiger partial charge in [0.25, 0.3) is 0 Å². The molecule has 6 heteroatoms. The quantitative estimate of drug-likeness (QED) is 0.796. The van der Waals surface area contributed by atoms with E-state index in [0.717, 1.165) is 28.9 Å². The van der Waals surface area contributed by atoms with Crippen LogP contribution in [0.3, 0.4) is 0 Å². The highest BCUT2D eigenvalue weighted by molar-refractivity contribution is 9.10. The van der Waals surface area contributed by atoms with Gasteiger partial charge in [0.1, 0.15) is 0 Å². The molecule has 0 aliphatic heterocycles. The Morgan fingerprint density at radius 1 is 1.26 bits per heavy atom. The van der Waals surface area contributed by atoms with Gasteiger partial charge in [-0.3, -0.25) is 9.48 Å². The molecule has 0 aliphatic carbocycles. The van der Waals surface area contributed by atoms with E-state index in [9.17, 15) is 4.79 Å². The molecule has 23 heavy (non-hydrogen) atoms. The summed E-state index contributed by atoms with van der Waals surface area (Å²) >= 11 is 3.42. The summed E-state index contributed by atoms with van der Waals surface area (Å²) in [5.74, 6) is -0.00938. The molecule has 0 atom stereocenters. The van der Waals surface area contributed by atoms with Crippen molar-refractivity contribution in [2.75, 3.05) is 23.3 Å². The Labute approximate surface area is 145 Å². The van der Waals surface area contributed by atoms with Crippen LogP contribution >= 0.6 is 15.9 Å². The van der Waals surface area contributed by atoms with Crippen molar-refractivity contribution in [3.63, 3.8) is 0 Å². The Morgan fingerprint density at radius 2 is 1.91 bits per heavy atom. The number of rotatable bonds is 7. The lowest BCUT2D eigenvalue weighted by Crippen LogP contribution is -2.21. The first-order chi connectivity index (χ1) is 11.0. The number of nitrogens with one attached hydrogen (secondary N) is 1. The minimum atomic E-state index is -0.00938. The summed E-state index contributed by atoms with van der Waals surface area (Å²) in [4.78, 5) is 14.3. The topological polar surface area (TPSA) is 50.2 Å². The number of aromatic nitrogens is 2. The standard InChI is InChI=1S/C17H23BrN4O/c1-4-21(5-2)15-8-6-14(7-9-15)19-17(23)10-11-22-12-16(18)13(3)20-22/h6-9,12H,4-5,10-11H2,1-3H3,(H,19,23). The van der Waals surface area contributed by atoms with Gasteiger partial charge in [-0.25, -0.2) is 0 Å². The van der Waals surface area contributed by atoms with E-state index in [1.54, 1.807) is 4.68 Å². The van der Waals surface area contributed by atoms with Crippen LogP contribution in [0.5, 0.6) is 0 Å². The molecule has 2 aromatic rings. The Kier molecular flexibility index (Phi) is 6.21. The number of halogens is 1. The number of carbonyl (C=O) groups excluding carboxylic acids is 1. The minimum absolute atomic E-state index is 0.00938. The minimum Gasteiger partial charge on any atom is -0.372 e. The molecule has 0 saturated heterocycles. The predicted molar refractivity (Wildman–Crippen MR) is 97.9 cm³/mol. The molecule has 0 saturated carbocycles. The fourth-order valence-corrected chi connectivity index (χ4v) is 2.71. The molecule has 5 nitrogen and oxygen atoms in total. The maximum atomic E-state index is 12.0. The lowest BCUT2D eigenvalue weighted by molar-refractivity contribution is -0.116. The highest BCUT2D eigenvalue weighted by Crippen LogP contribution is 2.18. The summed E-state index contributed by atoms with van der Waals surface area (Å²) in [5.41, 5.74) is 2.92. The molecule has 0 spiro atoms. The molecule has 1 aromatic heterocycles. The van der Waals surface area contributed by atoms with Gasteiger partial charge in [-0.05, 0) is 61.0 Å². The number of nitrogens with zero attached hydrogens (tertiary/aromatic N) is 3. The van der Waals surface area contributed by atoms with Gasteiger partial charge in [0.15, 0.2) is 0 Å². The molecule has 1 amide bonds. The van der Waals surface area contributed by atoms with Gasteiger partial charge in [0.05, 0.1) is 10.2 Å². The summed E-state index contributed by atoms with van der Waals surface area (Å²) < 4.78 is 2.74. The van der Waals surface area contributed by atoms with Crippen molar-refractivity contribution in [3.8, 4) is 0 Å². The zero-order valence-electron chi connectivity index (χ0n) is 13.8. The van der Waals surface area contributed by atoms with Crippen LogP contribution in [0.1, 0.15) is 26.0 Å². The van der Waals surface area contributed by atoms with Crippen LogP contribution in [0.2, 0.25) is 0 Å². The van der Waals surface area contributed by atoms with E-state index in [1.165, 1.54) is 5.69 Å². The zero-order chi connectivity index (χ0) is 16.8. The van der Waals surface area contributed by atoms with Crippen molar-refractivity contribution in [1.29, 1.82) is 0 Å². The molecule has 0 radical (unpaired) electrons. The molecular weight excluding hydrogens is 356 g/mol. The van der Waals surface area contributed by atoms with E-state index in [4.69, 9.17) is 0 Å². The number of benzene rings is 1. The first-order valence-corrected chi connectivity index (χ1v) is 8.67. The third-order valence-corrected chi connectivity index (χ3v) is 4.51. The highest BCUT2D eigenvalue weighted by Gasteiger charge is 2.07. The fourth-order valence-electron chi connectivity index (χ4n) is 2.39. The Morgan fingerprint density at radius 3 is 2.43 bits per heavy atom. The van der Waals surface area contributed by atoms with Crippen LogP contribution in [0, 0.1) is 6.92 Å². The summed E-state index contributed by atoms with van der Waals surface area (Å²) in [6.07, 6.45) is 2.28. The van der Waals surface area contributed by atoms with E-state index in [2.05, 4.69) is 45.1 Å². The van der Waals surface area contributed by atoms with Crippen molar-refractivity contribution in [3.05, 3.63) is 40.6 Å². The molecule has 1 heterocycles. The van der Waals surface area contributed by atoms with Crippen LogP contribution in [0.4, 0.5) is 11.4 Å². The summed E-state index contributed by atoms with van der Waals surface area (Å²) in [6, 6.07) is 7.97. The summed E-state index contributed by atoms with van der Waals surface area (Å²) in [7, 11) is 0. The maximum absolute atomic E-state index is 12.0. The molecule has 0 bridgehead atoms. The van der Waals surface area contributed by atoms with Crippen molar-refractivity contribution >= 4 is 33.2 Å². The third-order valence-electron chi connectivity index (χ3n) is 3.73. The average Bonchev–Trinajstić information content (AvgIpc) is 2.87. The van der Waals surface area contributed by atoms with E-state index >= 15 is 0 Å². The second-order valence-corrected chi connectivity index (χ2v) is 6.20. The first-order valence-electron chi connectivity index (χ1n) is 7.88. The monoisotopic (exact) mass is 378 g/mol. The Bertz CT molecular complexity index is 628. The van der Waals surface area contributed by atoms with Gasteiger partial charge in [-0.1, -0.05) is 0 Å². The van der Waals surface area contributed by atoms with E-state index in [0.29, 0.717) is 13.0 Å². The maximum Gasteiger partial charge on any atom is 0.226 e. The van der Waals surface area contributed by atoms with Gasteiger partial charge in [-0.2, -0.15) is 5.10 Å². The van der Waals surface area contributed by atoms with E-state index in [-0.39, 0.29) is 5.91 Å². The Hall–Kier alpha value is -1.82. The second kappa shape index (κ2) is 8.15. The van der Waals surface area contributed by atoms with Crippen LogP contribution in [-0.4, -0.2) is 28.8 Å². The van der Waals surface area contributed by atoms with Crippen molar-refractivity contribution in [1.82, 2.24) is 9.78 Å². The van der Waals surface area contributed by atoms with Crippen LogP contribution in [0.25, 0.3) is 0 Å². The lowest BCUT2D eigenvalue weighted by Gasteiger charge is -2.21. The van der Waals surface area contributed by atoms with Crippen LogP contribution < -0.4 is 10.2 Å². The second-order valence-electron chi connectivity index (χ2n) is 5.34. The fraction of sp³-hybridized carbons (Fsp3) is 0.412. The van der Waals surface area contributed by atoms with Gasteiger partial charge < -0.3 is 10.2 Å². The average molecular weight is 379 g/mol. The van der Waals surface area contributed by atoms with Gasteiger partial charge in [0.2, 0.25) is 5.91 Å². The Balaban J connectivity index is 1.87. The van der Waals surface area contributed by atoms with Crippen LogP contribution in [-0.2, 0) is 11.3 Å². The van der Waals surface area contributed by atoms with E-state index < -0.39 is 0 Å². The lowest BCUT2D eigenvalue weighted by atomic mass is 10.2. The summed E-state index contributed by atoms with van der Waals surface area (Å²) in [6.45, 7) is 8.71. The molecule has 0 aliphatic rings. The van der Waals surface area contributed by atoms with Crippen molar-refractivity contribution in [2.45, 2.75) is 33.7 Å². The molecule has 0 fully saturated rings. The molecule has 1 aromatic carbocycles. The molecular formula is C17H23BrN4O. The number of aryl methyl sites for hydroxylation is 2. The molecule has 124 valence electrons. The first kappa shape index (κ1) is 17.5. The number of anilines is 2. The smallest absolute Gasteiger partial charge is 0.226 e. The SMILES string of the molecule is CCN(CC)c1ccc(NC(=O)CCn2cc(Br)c(C)n2)cc1. The largest absolute Gasteiger partial charge is 0.372 e. The van der Waals surface area contributed by atoms with Gasteiger partial charge in [0, 0.05) is 43.6 Å². The number of amides is 1. The normalized spacial score (nSPS) is 10.6. The number of carbonyl (C=O) groups is 1. The van der Waals surface area contributed by atoms with Crippen molar-refractivity contribution in [2.24, 2.45) is 0 Å². The zero-order valence-corrected chi connectivity index (χ0v) is 15.4. The third kappa shape index (κ3) is 4.82.